The first-order valence-corrected chi connectivity index (χ1v) is 8.54. The Balaban J connectivity index is 2.14. The zero-order chi connectivity index (χ0) is 18.0. The number of hydrogen-bond donors (Lipinski definition) is 3. The lowest BCUT2D eigenvalue weighted by Crippen LogP contribution is -2.63. The number of hydroxylamine groups is 2. The van der Waals surface area contributed by atoms with Crippen molar-refractivity contribution in [3.05, 3.63) is 22.9 Å². The lowest BCUT2D eigenvalue weighted by molar-refractivity contribution is -0.245. The minimum absolute atomic E-state index is 0.0725. The standard InChI is InChI=1S/C16H23BrN6O/c1-15(2)8-12(9-16(3,4)23(15)24)22-14(20-10-18)21-11-5-6-19-13(17)7-11/h5-7,12,24H,8-9H2,1-4H3,(H2,19,20,21,22). The van der Waals surface area contributed by atoms with Gasteiger partial charge in [-0.05, 0) is 68.6 Å². The number of hydrogen-bond acceptors (Lipinski definition) is 5. The van der Waals surface area contributed by atoms with Crippen LogP contribution in [0.15, 0.2) is 27.9 Å². The summed E-state index contributed by atoms with van der Waals surface area (Å²) >= 11 is 3.32. The average molecular weight is 395 g/mol. The van der Waals surface area contributed by atoms with E-state index in [-0.39, 0.29) is 17.1 Å². The minimum atomic E-state index is -0.378. The van der Waals surface area contributed by atoms with Gasteiger partial charge in [-0.2, -0.15) is 10.3 Å². The second kappa shape index (κ2) is 7.05. The molecule has 1 aliphatic rings. The van der Waals surface area contributed by atoms with Crippen molar-refractivity contribution in [2.45, 2.75) is 57.7 Å². The first-order chi connectivity index (χ1) is 11.1. The highest BCUT2D eigenvalue weighted by atomic mass is 79.9. The van der Waals surface area contributed by atoms with Crippen LogP contribution in [0.1, 0.15) is 40.5 Å². The van der Waals surface area contributed by atoms with Gasteiger partial charge in [-0.15, -0.1) is 4.99 Å². The number of halogens is 1. The van der Waals surface area contributed by atoms with E-state index in [1.807, 2.05) is 33.9 Å². The maximum atomic E-state index is 10.4. The molecule has 0 spiro atoms. The number of aliphatic imine (C=N–C) groups is 1. The van der Waals surface area contributed by atoms with Gasteiger partial charge in [0.1, 0.15) is 4.60 Å². The van der Waals surface area contributed by atoms with Crippen LogP contribution in [0.4, 0.5) is 5.69 Å². The molecule has 1 fully saturated rings. The Bertz CT molecular complexity index is 649. The van der Waals surface area contributed by atoms with Crippen LogP contribution in [0, 0.1) is 11.5 Å². The van der Waals surface area contributed by atoms with Crippen LogP contribution >= 0.6 is 15.9 Å². The summed E-state index contributed by atoms with van der Waals surface area (Å²) in [6.45, 7) is 7.99. The molecule has 0 radical (unpaired) electrons. The molecular weight excluding hydrogens is 372 g/mol. The number of anilines is 1. The molecule has 2 rings (SSSR count). The van der Waals surface area contributed by atoms with Crippen molar-refractivity contribution in [2.24, 2.45) is 4.99 Å². The first kappa shape index (κ1) is 18.6. The second-order valence-electron chi connectivity index (χ2n) is 7.24. The number of nitrogens with one attached hydrogen (secondary N) is 2. The third kappa shape index (κ3) is 4.44. The second-order valence-corrected chi connectivity index (χ2v) is 8.05. The van der Waals surface area contributed by atoms with Gasteiger partial charge in [0.15, 0.2) is 0 Å². The van der Waals surface area contributed by atoms with Crippen LogP contribution in [0.3, 0.4) is 0 Å². The van der Waals surface area contributed by atoms with Crippen molar-refractivity contribution in [1.29, 1.82) is 5.26 Å². The number of guanidine groups is 1. The normalized spacial score (nSPS) is 21.1. The SMILES string of the molecule is CC1(C)CC(NC(=NC#N)Nc2ccnc(Br)c2)CC(C)(C)N1O. The lowest BCUT2D eigenvalue weighted by atomic mass is 9.79. The number of pyridine rings is 1. The molecule has 1 aromatic rings. The van der Waals surface area contributed by atoms with Gasteiger partial charge in [-0.25, -0.2) is 4.98 Å². The molecule has 24 heavy (non-hydrogen) atoms. The van der Waals surface area contributed by atoms with Gasteiger partial charge in [0, 0.05) is 29.0 Å². The smallest absolute Gasteiger partial charge is 0.211 e. The van der Waals surface area contributed by atoms with Crippen LogP contribution in [0.2, 0.25) is 0 Å². The number of nitriles is 1. The van der Waals surface area contributed by atoms with Crippen molar-refractivity contribution in [1.82, 2.24) is 15.4 Å². The Kier molecular flexibility index (Phi) is 5.48. The van der Waals surface area contributed by atoms with E-state index >= 15 is 0 Å². The van der Waals surface area contributed by atoms with Crippen molar-refractivity contribution in [3.8, 4) is 6.19 Å². The maximum Gasteiger partial charge on any atom is 0.211 e. The van der Waals surface area contributed by atoms with Crippen LogP contribution in [-0.4, -0.2) is 38.3 Å². The summed E-state index contributed by atoms with van der Waals surface area (Å²) in [5.74, 6) is 0.388. The molecule has 1 saturated heterocycles. The monoisotopic (exact) mass is 394 g/mol. The molecule has 2 heterocycles. The van der Waals surface area contributed by atoms with Crippen LogP contribution in [0.25, 0.3) is 0 Å². The van der Waals surface area contributed by atoms with E-state index in [1.54, 1.807) is 18.3 Å². The number of aromatic nitrogens is 1. The van der Waals surface area contributed by atoms with E-state index in [4.69, 9.17) is 5.26 Å². The van der Waals surface area contributed by atoms with Crippen LogP contribution < -0.4 is 10.6 Å². The maximum absolute atomic E-state index is 10.4. The van der Waals surface area contributed by atoms with Gasteiger partial charge in [-0.3, -0.25) is 0 Å². The Morgan fingerprint density at radius 2 is 2.04 bits per heavy atom. The van der Waals surface area contributed by atoms with E-state index in [1.165, 1.54) is 5.06 Å². The van der Waals surface area contributed by atoms with Gasteiger partial charge in [-0.1, -0.05) is 0 Å². The highest BCUT2D eigenvalue weighted by Gasteiger charge is 2.45. The zero-order valence-corrected chi connectivity index (χ0v) is 15.9. The fraction of sp³-hybridized carbons (Fsp3) is 0.562. The highest BCUT2D eigenvalue weighted by Crippen LogP contribution is 2.36. The first-order valence-electron chi connectivity index (χ1n) is 7.75. The fourth-order valence-electron chi connectivity index (χ4n) is 3.33. The predicted octanol–water partition coefficient (Wildman–Crippen LogP) is 3.09. The average Bonchev–Trinajstić information content (AvgIpc) is 2.44. The fourth-order valence-corrected chi connectivity index (χ4v) is 3.69. The van der Waals surface area contributed by atoms with Crippen LogP contribution in [0.5, 0.6) is 0 Å². The molecule has 3 N–H and O–H groups in total. The van der Waals surface area contributed by atoms with Crippen LogP contribution in [-0.2, 0) is 0 Å². The van der Waals surface area contributed by atoms with E-state index in [0.717, 1.165) is 18.5 Å². The van der Waals surface area contributed by atoms with E-state index in [2.05, 4.69) is 36.5 Å². The van der Waals surface area contributed by atoms with Gasteiger partial charge < -0.3 is 15.8 Å². The number of rotatable bonds is 2. The third-order valence-electron chi connectivity index (χ3n) is 4.13. The Morgan fingerprint density at radius 3 is 2.58 bits per heavy atom. The molecule has 0 atom stereocenters. The van der Waals surface area contributed by atoms with Crippen molar-refractivity contribution in [3.63, 3.8) is 0 Å². The Hall–Kier alpha value is -1.69. The lowest BCUT2D eigenvalue weighted by Gasteiger charge is -2.51. The van der Waals surface area contributed by atoms with E-state index in [9.17, 15) is 5.21 Å². The summed E-state index contributed by atoms with van der Waals surface area (Å²) in [6.07, 6.45) is 4.92. The quantitative estimate of drug-likeness (QED) is 0.308. The summed E-state index contributed by atoms with van der Waals surface area (Å²) in [7, 11) is 0. The van der Waals surface area contributed by atoms with Gasteiger partial charge in [0.25, 0.3) is 0 Å². The summed E-state index contributed by atoms with van der Waals surface area (Å²) in [5, 5.41) is 27.2. The molecule has 0 aliphatic carbocycles. The van der Waals surface area contributed by atoms with Gasteiger partial charge in [0.05, 0.1) is 0 Å². The molecule has 7 nitrogen and oxygen atoms in total. The predicted molar refractivity (Wildman–Crippen MR) is 96.5 cm³/mol. The summed E-state index contributed by atoms with van der Waals surface area (Å²) < 4.78 is 0.694. The molecule has 0 saturated carbocycles. The molecule has 0 aromatic carbocycles. The zero-order valence-electron chi connectivity index (χ0n) is 14.3. The van der Waals surface area contributed by atoms with E-state index < -0.39 is 0 Å². The van der Waals surface area contributed by atoms with Gasteiger partial charge in [0.2, 0.25) is 12.2 Å². The molecule has 8 heteroatoms. The summed E-state index contributed by atoms with van der Waals surface area (Å²) in [6, 6.07) is 3.67. The molecule has 1 aromatic heterocycles. The highest BCUT2D eigenvalue weighted by molar-refractivity contribution is 9.10. The van der Waals surface area contributed by atoms with E-state index in [0.29, 0.717) is 10.6 Å². The largest absolute Gasteiger partial charge is 0.352 e. The number of piperidine rings is 1. The molecule has 0 unspecified atom stereocenters. The molecule has 1 aliphatic heterocycles. The molecular formula is C16H23BrN6O. The van der Waals surface area contributed by atoms with Gasteiger partial charge >= 0.3 is 0 Å². The summed E-state index contributed by atoms with van der Waals surface area (Å²) in [5.41, 5.74) is 0.0183. The topological polar surface area (TPSA) is 96.6 Å². The number of nitrogens with zero attached hydrogens (tertiary/aromatic N) is 4. The third-order valence-corrected chi connectivity index (χ3v) is 4.56. The van der Waals surface area contributed by atoms with Crippen molar-refractivity contribution >= 4 is 27.6 Å². The van der Waals surface area contributed by atoms with Crippen molar-refractivity contribution in [2.75, 3.05) is 5.32 Å². The Morgan fingerprint density at radius 1 is 1.42 bits per heavy atom. The Labute approximate surface area is 150 Å². The molecule has 0 bridgehead atoms. The molecule has 0 amide bonds. The summed E-state index contributed by atoms with van der Waals surface area (Å²) in [4.78, 5) is 7.92. The molecule has 130 valence electrons. The minimum Gasteiger partial charge on any atom is -0.352 e. The van der Waals surface area contributed by atoms with Crippen molar-refractivity contribution < 1.29 is 5.21 Å².